The molecule has 0 fully saturated rings. The Morgan fingerprint density at radius 2 is 1.86 bits per heavy atom. The first-order valence-electron chi connectivity index (χ1n) is 8.87. The molecule has 1 aromatic carbocycles. The molecule has 1 unspecified atom stereocenters. The van der Waals surface area contributed by atoms with E-state index >= 15 is 0 Å². The van der Waals surface area contributed by atoms with Gasteiger partial charge in [-0.15, -0.1) is 0 Å². The highest BCUT2D eigenvalue weighted by Gasteiger charge is 2.18. The average Bonchev–Trinajstić information content (AvgIpc) is 3.17. The molecule has 3 heterocycles. The number of nitrogens with two attached hydrogens (primary N) is 2. The van der Waals surface area contributed by atoms with Crippen molar-refractivity contribution in [1.29, 1.82) is 0 Å². The molecule has 7 nitrogen and oxygen atoms in total. The minimum Gasteiger partial charge on any atom is -0.439 e. The maximum Gasteiger partial charge on any atom is 0.266 e. The second-order valence-corrected chi connectivity index (χ2v) is 6.33. The van der Waals surface area contributed by atoms with Crippen LogP contribution in [0.2, 0.25) is 0 Å². The van der Waals surface area contributed by atoms with Gasteiger partial charge in [0, 0.05) is 30.3 Å². The summed E-state index contributed by atoms with van der Waals surface area (Å²) < 4.78 is 25.5. The van der Waals surface area contributed by atoms with E-state index in [1.165, 1.54) is 0 Å². The average molecular weight is 391 g/mol. The Kier molecular flexibility index (Phi) is 5.07. The standard InChI is InChI=1S/C21H18FN5O2/c22-20(28-19-7-3-4-10-25-19)15-6-2-1-5-13(15)11-14-12-17(29-27-14)16-8-9-18(23)26-21(16)24/h1-10,12,20H,11H2,(H4,23,24,26). The van der Waals surface area contributed by atoms with Crippen molar-refractivity contribution in [3.8, 4) is 17.2 Å². The fourth-order valence-electron chi connectivity index (χ4n) is 2.92. The third kappa shape index (κ3) is 4.16. The lowest BCUT2D eigenvalue weighted by molar-refractivity contribution is 0.0615. The Morgan fingerprint density at radius 1 is 1.03 bits per heavy atom. The highest BCUT2D eigenvalue weighted by atomic mass is 19.1. The largest absolute Gasteiger partial charge is 0.439 e. The van der Waals surface area contributed by atoms with Crippen LogP contribution >= 0.6 is 0 Å². The van der Waals surface area contributed by atoms with Crippen LogP contribution in [0.4, 0.5) is 16.0 Å². The minimum atomic E-state index is -1.66. The molecule has 3 aromatic heterocycles. The molecule has 4 N–H and O–H groups in total. The van der Waals surface area contributed by atoms with Crippen LogP contribution in [0.3, 0.4) is 0 Å². The maximum atomic E-state index is 14.8. The predicted molar refractivity (Wildman–Crippen MR) is 107 cm³/mol. The number of anilines is 2. The van der Waals surface area contributed by atoms with Crippen molar-refractivity contribution in [2.75, 3.05) is 11.5 Å². The first kappa shape index (κ1) is 18.4. The highest BCUT2D eigenvalue weighted by molar-refractivity contribution is 5.71. The third-order valence-corrected chi connectivity index (χ3v) is 4.30. The van der Waals surface area contributed by atoms with E-state index in [0.29, 0.717) is 34.8 Å². The van der Waals surface area contributed by atoms with Gasteiger partial charge in [-0.1, -0.05) is 35.5 Å². The third-order valence-electron chi connectivity index (χ3n) is 4.30. The zero-order valence-electron chi connectivity index (χ0n) is 15.3. The molecule has 0 bridgehead atoms. The molecule has 0 amide bonds. The van der Waals surface area contributed by atoms with Crippen molar-refractivity contribution in [2.45, 2.75) is 12.8 Å². The summed E-state index contributed by atoms with van der Waals surface area (Å²) in [7, 11) is 0. The number of benzene rings is 1. The molecule has 146 valence electrons. The van der Waals surface area contributed by atoms with Crippen LogP contribution < -0.4 is 16.2 Å². The molecule has 8 heteroatoms. The van der Waals surface area contributed by atoms with Gasteiger partial charge >= 0.3 is 0 Å². The molecule has 0 aliphatic heterocycles. The van der Waals surface area contributed by atoms with Crippen LogP contribution in [0.25, 0.3) is 11.3 Å². The van der Waals surface area contributed by atoms with E-state index in [4.69, 9.17) is 20.7 Å². The van der Waals surface area contributed by atoms with Gasteiger partial charge in [0.25, 0.3) is 6.36 Å². The summed E-state index contributed by atoms with van der Waals surface area (Å²) in [6.07, 6.45) is 0.237. The van der Waals surface area contributed by atoms with Crippen molar-refractivity contribution in [3.63, 3.8) is 0 Å². The Balaban J connectivity index is 1.55. The molecule has 0 spiro atoms. The van der Waals surface area contributed by atoms with Gasteiger partial charge in [0.2, 0.25) is 5.88 Å². The molecule has 1 atom stereocenters. The Hall–Kier alpha value is -3.94. The van der Waals surface area contributed by atoms with Crippen molar-refractivity contribution in [2.24, 2.45) is 0 Å². The monoisotopic (exact) mass is 391 g/mol. The summed E-state index contributed by atoms with van der Waals surface area (Å²) in [4.78, 5) is 8.01. The molecular formula is C21H18FN5O2. The second kappa shape index (κ2) is 7.97. The van der Waals surface area contributed by atoms with E-state index in [-0.39, 0.29) is 11.7 Å². The van der Waals surface area contributed by atoms with Crippen LogP contribution in [0.5, 0.6) is 5.88 Å². The topological polar surface area (TPSA) is 113 Å². The number of rotatable bonds is 6. The molecule has 0 aliphatic carbocycles. The van der Waals surface area contributed by atoms with Crippen LogP contribution in [0.1, 0.15) is 23.2 Å². The van der Waals surface area contributed by atoms with Crippen LogP contribution in [0, 0.1) is 0 Å². The first-order valence-corrected chi connectivity index (χ1v) is 8.87. The summed E-state index contributed by atoms with van der Waals surface area (Å²) in [5.74, 6) is 1.25. The Labute approximate surface area is 166 Å². The van der Waals surface area contributed by atoms with E-state index in [1.807, 2.05) is 12.1 Å². The van der Waals surface area contributed by atoms with Gasteiger partial charge in [0.15, 0.2) is 5.76 Å². The summed E-state index contributed by atoms with van der Waals surface area (Å²) in [6, 6.07) is 17.2. The number of alkyl halides is 1. The molecule has 0 radical (unpaired) electrons. The molecular weight excluding hydrogens is 373 g/mol. The highest BCUT2D eigenvalue weighted by Crippen LogP contribution is 2.29. The van der Waals surface area contributed by atoms with E-state index < -0.39 is 6.36 Å². The van der Waals surface area contributed by atoms with E-state index in [0.717, 1.165) is 5.56 Å². The van der Waals surface area contributed by atoms with Crippen LogP contribution in [-0.2, 0) is 6.42 Å². The van der Waals surface area contributed by atoms with Crippen molar-refractivity contribution in [1.82, 2.24) is 15.1 Å². The van der Waals surface area contributed by atoms with E-state index in [1.54, 1.807) is 54.7 Å². The lowest BCUT2D eigenvalue weighted by Gasteiger charge is -2.14. The number of nitrogen functional groups attached to an aromatic ring is 2. The van der Waals surface area contributed by atoms with Gasteiger partial charge in [0.05, 0.1) is 11.3 Å². The summed E-state index contributed by atoms with van der Waals surface area (Å²) in [5.41, 5.74) is 13.9. The molecule has 4 rings (SSSR count). The van der Waals surface area contributed by atoms with Crippen molar-refractivity contribution >= 4 is 11.6 Å². The zero-order valence-corrected chi connectivity index (χ0v) is 15.3. The lowest BCUT2D eigenvalue weighted by Crippen LogP contribution is -2.06. The number of aromatic nitrogens is 3. The number of hydrogen-bond donors (Lipinski definition) is 2. The zero-order chi connectivity index (χ0) is 20.2. The fourth-order valence-corrected chi connectivity index (χ4v) is 2.92. The minimum absolute atomic E-state index is 0.213. The van der Waals surface area contributed by atoms with Crippen molar-refractivity contribution in [3.05, 3.63) is 83.7 Å². The summed E-state index contributed by atoms with van der Waals surface area (Å²) in [5, 5.41) is 4.07. The first-order chi connectivity index (χ1) is 14.1. The van der Waals surface area contributed by atoms with Gasteiger partial charge in [-0.3, -0.25) is 0 Å². The number of nitrogens with zero attached hydrogens (tertiary/aromatic N) is 3. The smallest absolute Gasteiger partial charge is 0.266 e. The van der Waals surface area contributed by atoms with Gasteiger partial charge in [-0.2, -0.15) is 4.39 Å². The molecule has 0 saturated carbocycles. The quantitative estimate of drug-likeness (QED) is 0.512. The fraction of sp³-hybridized carbons (Fsp3) is 0.0952. The summed E-state index contributed by atoms with van der Waals surface area (Å²) >= 11 is 0. The second-order valence-electron chi connectivity index (χ2n) is 6.33. The number of pyridine rings is 2. The number of ether oxygens (including phenoxy) is 1. The normalized spacial score (nSPS) is 11.9. The number of hydrogen-bond acceptors (Lipinski definition) is 7. The van der Waals surface area contributed by atoms with Crippen LogP contribution in [0.15, 0.2) is 71.4 Å². The SMILES string of the molecule is Nc1ccc(-c2cc(Cc3ccccc3C(F)Oc3ccccn3)no2)c(N)n1. The lowest BCUT2D eigenvalue weighted by atomic mass is 10.0. The van der Waals surface area contributed by atoms with E-state index in [9.17, 15) is 4.39 Å². The summed E-state index contributed by atoms with van der Waals surface area (Å²) in [6.45, 7) is 0. The predicted octanol–water partition coefficient (Wildman–Crippen LogP) is 3.93. The molecule has 4 aromatic rings. The van der Waals surface area contributed by atoms with Crippen LogP contribution in [-0.4, -0.2) is 15.1 Å². The Morgan fingerprint density at radius 3 is 2.66 bits per heavy atom. The number of halogens is 1. The molecule has 0 aliphatic rings. The van der Waals surface area contributed by atoms with Crippen molar-refractivity contribution < 1.29 is 13.7 Å². The van der Waals surface area contributed by atoms with Gasteiger partial charge in [-0.25, -0.2) is 9.97 Å². The van der Waals surface area contributed by atoms with E-state index in [2.05, 4.69) is 15.1 Å². The van der Waals surface area contributed by atoms with Gasteiger partial charge < -0.3 is 20.7 Å². The molecule has 0 saturated heterocycles. The van der Waals surface area contributed by atoms with Gasteiger partial charge in [-0.05, 0) is 23.8 Å². The maximum absolute atomic E-state index is 14.8. The Bertz CT molecular complexity index is 1120. The molecule has 29 heavy (non-hydrogen) atoms. The van der Waals surface area contributed by atoms with Gasteiger partial charge in [0.1, 0.15) is 11.6 Å².